The summed E-state index contributed by atoms with van der Waals surface area (Å²) in [5.74, 6) is 0.850. The highest BCUT2D eigenvalue weighted by molar-refractivity contribution is 5.46. The van der Waals surface area contributed by atoms with Crippen molar-refractivity contribution in [2.75, 3.05) is 11.9 Å². The van der Waals surface area contributed by atoms with Crippen LogP contribution in [0, 0.1) is 11.3 Å². The molecule has 74 valence electrons. The van der Waals surface area contributed by atoms with Gasteiger partial charge < -0.3 is 10.1 Å². The van der Waals surface area contributed by atoms with E-state index < -0.39 is 0 Å². The minimum absolute atomic E-state index is 0.188. The van der Waals surface area contributed by atoms with Crippen molar-refractivity contribution < 1.29 is 4.74 Å². The van der Waals surface area contributed by atoms with E-state index in [0.717, 1.165) is 11.4 Å². The largest absolute Gasteiger partial charge is 0.491 e. The van der Waals surface area contributed by atoms with Gasteiger partial charge in [-0.05, 0) is 38.1 Å². The van der Waals surface area contributed by atoms with Crippen molar-refractivity contribution in [2.45, 2.75) is 20.0 Å². The quantitative estimate of drug-likeness (QED) is 0.741. The van der Waals surface area contributed by atoms with Crippen molar-refractivity contribution in [3.63, 3.8) is 0 Å². The first-order valence-electron chi connectivity index (χ1n) is 4.60. The number of ether oxygens (including phenoxy) is 1. The number of rotatable bonds is 4. The SMILES string of the molecule is CC(C)Oc1ccc(NCC#N)cc1. The molecule has 0 bridgehead atoms. The maximum absolute atomic E-state index is 8.36. The zero-order valence-corrected chi connectivity index (χ0v) is 8.45. The summed E-state index contributed by atoms with van der Waals surface area (Å²) in [5, 5.41) is 11.3. The molecule has 0 saturated carbocycles. The molecule has 0 aliphatic heterocycles. The molecule has 0 heterocycles. The molecule has 0 spiro atoms. The van der Waals surface area contributed by atoms with Gasteiger partial charge in [-0.15, -0.1) is 0 Å². The maximum atomic E-state index is 8.36. The molecule has 0 amide bonds. The van der Waals surface area contributed by atoms with Crippen LogP contribution in [0.5, 0.6) is 5.75 Å². The zero-order valence-electron chi connectivity index (χ0n) is 8.45. The van der Waals surface area contributed by atoms with Crippen molar-refractivity contribution in [2.24, 2.45) is 0 Å². The van der Waals surface area contributed by atoms with Gasteiger partial charge in [-0.3, -0.25) is 0 Å². The summed E-state index contributed by atoms with van der Waals surface area (Å²) >= 11 is 0. The lowest BCUT2D eigenvalue weighted by Crippen LogP contribution is -2.05. The van der Waals surface area contributed by atoms with Crippen molar-refractivity contribution in [1.29, 1.82) is 5.26 Å². The van der Waals surface area contributed by atoms with E-state index in [1.54, 1.807) is 0 Å². The molecular formula is C11H14N2O. The monoisotopic (exact) mass is 190 g/mol. The molecule has 0 radical (unpaired) electrons. The Balaban J connectivity index is 2.56. The Hall–Kier alpha value is -1.69. The standard InChI is InChI=1S/C11H14N2O/c1-9(2)14-11-5-3-10(4-6-11)13-8-7-12/h3-6,9,13H,8H2,1-2H3. The molecule has 14 heavy (non-hydrogen) atoms. The lowest BCUT2D eigenvalue weighted by Gasteiger charge is -2.10. The van der Waals surface area contributed by atoms with Crippen molar-refractivity contribution in [3.8, 4) is 11.8 Å². The van der Waals surface area contributed by atoms with E-state index in [4.69, 9.17) is 10.00 Å². The van der Waals surface area contributed by atoms with E-state index in [9.17, 15) is 0 Å². The van der Waals surface area contributed by atoms with E-state index in [2.05, 4.69) is 5.32 Å². The molecule has 0 atom stereocenters. The van der Waals surface area contributed by atoms with Crippen LogP contribution in [0.2, 0.25) is 0 Å². The zero-order chi connectivity index (χ0) is 10.4. The Bertz CT molecular complexity index is 311. The van der Waals surface area contributed by atoms with Gasteiger partial charge in [-0.1, -0.05) is 0 Å². The van der Waals surface area contributed by atoms with Crippen LogP contribution in [0.25, 0.3) is 0 Å². The summed E-state index contributed by atoms with van der Waals surface area (Å²) in [6, 6.07) is 9.59. The Labute approximate surface area is 84.3 Å². The first-order valence-corrected chi connectivity index (χ1v) is 4.60. The first kappa shape index (κ1) is 10.4. The minimum atomic E-state index is 0.188. The second kappa shape index (κ2) is 5.13. The Morgan fingerprint density at radius 2 is 2.00 bits per heavy atom. The van der Waals surface area contributed by atoms with Gasteiger partial charge in [0.05, 0.1) is 12.2 Å². The highest BCUT2D eigenvalue weighted by Gasteiger charge is 1.96. The van der Waals surface area contributed by atoms with Crippen LogP contribution in [0.3, 0.4) is 0 Å². The van der Waals surface area contributed by atoms with Gasteiger partial charge >= 0.3 is 0 Å². The van der Waals surface area contributed by atoms with Gasteiger partial charge in [0.2, 0.25) is 0 Å². The Morgan fingerprint density at radius 3 is 2.50 bits per heavy atom. The molecule has 0 fully saturated rings. The average molecular weight is 190 g/mol. The number of anilines is 1. The van der Waals surface area contributed by atoms with Gasteiger partial charge in [0.1, 0.15) is 12.3 Å². The molecule has 1 N–H and O–H groups in total. The van der Waals surface area contributed by atoms with Gasteiger partial charge in [-0.25, -0.2) is 0 Å². The summed E-state index contributed by atoms with van der Waals surface area (Å²) in [6.07, 6.45) is 0.188. The van der Waals surface area contributed by atoms with Crippen LogP contribution in [-0.2, 0) is 0 Å². The Kier molecular flexibility index (Phi) is 3.81. The normalized spacial score (nSPS) is 9.57. The summed E-state index contributed by atoms with van der Waals surface area (Å²) in [5.41, 5.74) is 0.933. The topological polar surface area (TPSA) is 45.0 Å². The number of hydrogen-bond donors (Lipinski definition) is 1. The molecule has 3 heteroatoms. The summed E-state index contributed by atoms with van der Waals surface area (Å²) in [7, 11) is 0. The van der Waals surface area contributed by atoms with Gasteiger partial charge in [-0.2, -0.15) is 5.26 Å². The number of nitriles is 1. The fourth-order valence-electron chi connectivity index (χ4n) is 1.07. The number of hydrogen-bond acceptors (Lipinski definition) is 3. The third-order valence-electron chi connectivity index (χ3n) is 1.60. The van der Waals surface area contributed by atoms with Crippen LogP contribution < -0.4 is 10.1 Å². The maximum Gasteiger partial charge on any atom is 0.119 e. The highest BCUT2D eigenvalue weighted by atomic mass is 16.5. The Morgan fingerprint density at radius 1 is 1.36 bits per heavy atom. The molecular weight excluding hydrogens is 176 g/mol. The molecule has 0 aliphatic carbocycles. The van der Waals surface area contributed by atoms with Gasteiger partial charge in [0, 0.05) is 5.69 Å². The fourth-order valence-corrected chi connectivity index (χ4v) is 1.07. The van der Waals surface area contributed by atoms with Crippen molar-refractivity contribution in [1.82, 2.24) is 0 Å². The van der Waals surface area contributed by atoms with E-state index in [1.807, 2.05) is 44.2 Å². The summed E-state index contributed by atoms with van der Waals surface area (Å²) in [4.78, 5) is 0. The van der Waals surface area contributed by atoms with E-state index >= 15 is 0 Å². The predicted octanol–water partition coefficient (Wildman–Crippen LogP) is 2.41. The molecule has 1 aromatic rings. The molecule has 1 aromatic carbocycles. The van der Waals surface area contributed by atoms with E-state index in [-0.39, 0.29) is 6.10 Å². The smallest absolute Gasteiger partial charge is 0.119 e. The minimum Gasteiger partial charge on any atom is -0.491 e. The van der Waals surface area contributed by atoms with Crippen LogP contribution in [0.15, 0.2) is 24.3 Å². The average Bonchev–Trinajstić information content (AvgIpc) is 2.16. The van der Waals surface area contributed by atoms with Crippen molar-refractivity contribution in [3.05, 3.63) is 24.3 Å². The van der Waals surface area contributed by atoms with E-state index in [0.29, 0.717) is 6.54 Å². The molecule has 1 rings (SSSR count). The fraction of sp³-hybridized carbons (Fsp3) is 0.364. The molecule has 3 nitrogen and oxygen atoms in total. The molecule has 0 saturated heterocycles. The second-order valence-corrected chi connectivity index (χ2v) is 3.20. The summed E-state index contributed by atoms with van der Waals surface area (Å²) in [6.45, 7) is 4.30. The number of benzene rings is 1. The van der Waals surface area contributed by atoms with Crippen LogP contribution in [0.1, 0.15) is 13.8 Å². The van der Waals surface area contributed by atoms with E-state index in [1.165, 1.54) is 0 Å². The molecule has 0 aliphatic rings. The third-order valence-corrected chi connectivity index (χ3v) is 1.60. The van der Waals surface area contributed by atoms with Crippen LogP contribution >= 0.6 is 0 Å². The lowest BCUT2D eigenvalue weighted by atomic mass is 10.3. The molecule has 0 aromatic heterocycles. The summed E-state index contributed by atoms with van der Waals surface area (Å²) < 4.78 is 5.48. The molecule has 0 unspecified atom stereocenters. The number of nitrogens with one attached hydrogen (secondary N) is 1. The van der Waals surface area contributed by atoms with Gasteiger partial charge in [0.15, 0.2) is 0 Å². The van der Waals surface area contributed by atoms with Gasteiger partial charge in [0.25, 0.3) is 0 Å². The lowest BCUT2D eigenvalue weighted by molar-refractivity contribution is 0.242. The predicted molar refractivity (Wildman–Crippen MR) is 56.3 cm³/mol. The third kappa shape index (κ3) is 3.36. The second-order valence-electron chi connectivity index (χ2n) is 3.20. The van der Waals surface area contributed by atoms with Crippen LogP contribution in [-0.4, -0.2) is 12.6 Å². The number of nitrogens with zero attached hydrogens (tertiary/aromatic N) is 1. The van der Waals surface area contributed by atoms with Crippen LogP contribution in [0.4, 0.5) is 5.69 Å². The van der Waals surface area contributed by atoms with Crippen molar-refractivity contribution >= 4 is 5.69 Å². The first-order chi connectivity index (χ1) is 6.72. The highest BCUT2D eigenvalue weighted by Crippen LogP contribution is 2.16.